The Hall–Kier alpha value is -2.62. The second-order valence-electron chi connectivity index (χ2n) is 4.43. The molecular formula is C16H15NO3. The minimum absolute atomic E-state index is 0.236. The molecule has 0 aliphatic heterocycles. The lowest BCUT2D eigenvalue weighted by Gasteiger charge is -2.09. The molecule has 2 aromatic rings. The highest BCUT2D eigenvalue weighted by Gasteiger charge is 2.13. The number of carbonyl (C=O) groups is 2. The van der Waals surface area contributed by atoms with Crippen molar-refractivity contribution < 1.29 is 14.3 Å². The molecule has 0 bridgehead atoms. The maximum absolute atomic E-state index is 12.1. The number of para-hydroxylation sites is 1. The monoisotopic (exact) mass is 269 g/mol. The predicted octanol–water partition coefficient (Wildman–Crippen LogP) is 3.17. The van der Waals surface area contributed by atoms with Gasteiger partial charge in [-0.2, -0.15) is 0 Å². The molecule has 0 spiro atoms. The number of hydrogen-bond acceptors (Lipinski definition) is 3. The quantitative estimate of drug-likeness (QED) is 0.687. The Labute approximate surface area is 117 Å². The van der Waals surface area contributed by atoms with E-state index >= 15 is 0 Å². The Bertz CT molecular complexity index is 632. The molecule has 4 heteroatoms. The Kier molecular flexibility index (Phi) is 4.15. The van der Waals surface area contributed by atoms with Crippen LogP contribution < -0.4 is 10.1 Å². The fourth-order valence-corrected chi connectivity index (χ4v) is 1.73. The van der Waals surface area contributed by atoms with Gasteiger partial charge in [0.05, 0.1) is 11.3 Å². The zero-order valence-electron chi connectivity index (χ0n) is 11.3. The molecule has 0 saturated carbocycles. The summed E-state index contributed by atoms with van der Waals surface area (Å²) in [4.78, 5) is 23.2. The number of ether oxygens (including phenoxy) is 1. The van der Waals surface area contributed by atoms with Crippen LogP contribution in [0.5, 0.6) is 5.75 Å². The van der Waals surface area contributed by atoms with Gasteiger partial charge in [-0.25, -0.2) is 4.79 Å². The molecule has 0 heterocycles. The first-order valence-corrected chi connectivity index (χ1v) is 6.22. The molecule has 102 valence electrons. The molecule has 2 rings (SSSR count). The first-order valence-electron chi connectivity index (χ1n) is 6.22. The largest absolute Gasteiger partial charge is 0.423 e. The van der Waals surface area contributed by atoms with Gasteiger partial charge in [-0.3, -0.25) is 4.79 Å². The summed E-state index contributed by atoms with van der Waals surface area (Å²) in [5.74, 6) is -0.267. The maximum atomic E-state index is 12.1. The van der Waals surface area contributed by atoms with Gasteiger partial charge in [0.25, 0.3) is 0 Å². The van der Waals surface area contributed by atoms with E-state index in [2.05, 4.69) is 5.32 Å². The highest BCUT2D eigenvalue weighted by molar-refractivity contribution is 6.01. The topological polar surface area (TPSA) is 55.4 Å². The standard InChI is InChI=1S/C16H15NO3/c1-11-7-9-13(10-8-11)20-16(19)14-5-3-4-6-15(14)17-12(2)18/h3-10H,1-2H3,(H,17,18). The Balaban J connectivity index is 2.20. The molecule has 0 fully saturated rings. The molecule has 1 N–H and O–H groups in total. The van der Waals surface area contributed by atoms with Gasteiger partial charge in [-0.1, -0.05) is 29.8 Å². The van der Waals surface area contributed by atoms with Gasteiger partial charge >= 0.3 is 5.97 Å². The van der Waals surface area contributed by atoms with E-state index < -0.39 is 5.97 Å². The zero-order valence-corrected chi connectivity index (χ0v) is 11.3. The van der Waals surface area contributed by atoms with Crippen LogP contribution in [0.3, 0.4) is 0 Å². The molecule has 0 unspecified atom stereocenters. The highest BCUT2D eigenvalue weighted by atomic mass is 16.5. The van der Waals surface area contributed by atoms with Crippen molar-refractivity contribution in [3.63, 3.8) is 0 Å². The number of carbonyl (C=O) groups excluding carboxylic acids is 2. The first-order chi connectivity index (χ1) is 9.56. The summed E-state index contributed by atoms with van der Waals surface area (Å²) in [6, 6.07) is 13.9. The zero-order chi connectivity index (χ0) is 14.5. The summed E-state index contributed by atoms with van der Waals surface area (Å²) < 4.78 is 5.29. The number of hydrogen-bond donors (Lipinski definition) is 1. The van der Waals surface area contributed by atoms with Gasteiger partial charge in [0.1, 0.15) is 5.75 Å². The molecule has 0 aromatic heterocycles. The van der Waals surface area contributed by atoms with Crippen molar-refractivity contribution in [1.29, 1.82) is 0 Å². The average Bonchev–Trinajstić information content (AvgIpc) is 2.41. The van der Waals surface area contributed by atoms with Crippen LogP contribution in [0.1, 0.15) is 22.8 Å². The summed E-state index contributed by atoms with van der Waals surface area (Å²) in [6.07, 6.45) is 0. The van der Waals surface area contributed by atoms with Crippen molar-refractivity contribution in [3.8, 4) is 5.75 Å². The SMILES string of the molecule is CC(=O)Nc1ccccc1C(=O)Oc1ccc(C)cc1. The van der Waals surface area contributed by atoms with Gasteiger partial charge in [-0.15, -0.1) is 0 Å². The molecule has 0 aliphatic carbocycles. The lowest BCUT2D eigenvalue weighted by atomic mass is 10.1. The van der Waals surface area contributed by atoms with E-state index in [9.17, 15) is 9.59 Å². The van der Waals surface area contributed by atoms with Gasteiger partial charge in [-0.05, 0) is 31.2 Å². The molecule has 0 aliphatic rings. The van der Waals surface area contributed by atoms with E-state index in [1.807, 2.05) is 19.1 Å². The Morgan fingerprint density at radius 1 is 1.00 bits per heavy atom. The van der Waals surface area contributed by atoms with Crippen LogP contribution in [-0.2, 0) is 4.79 Å². The van der Waals surface area contributed by atoms with Crippen LogP contribution in [0.4, 0.5) is 5.69 Å². The number of nitrogens with one attached hydrogen (secondary N) is 1. The normalized spacial score (nSPS) is 9.90. The van der Waals surface area contributed by atoms with Gasteiger partial charge < -0.3 is 10.1 Å². The Morgan fingerprint density at radius 2 is 1.65 bits per heavy atom. The van der Waals surface area contributed by atoms with Gasteiger partial charge in [0.2, 0.25) is 5.91 Å². The lowest BCUT2D eigenvalue weighted by molar-refractivity contribution is -0.114. The summed E-state index contributed by atoms with van der Waals surface area (Å²) in [5, 5.41) is 2.61. The second-order valence-corrected chi connectivity index (χ2v) is 4.43. The van der Waals surface area contributed by atoms with E-state index in [0.29, 0.717) is 17.0 Å². The number of rotatable bonds is 3. The van der Waals surface area contributed by atoms with Crippen molar-refractivity contribution >= 4 is 17.6 Å². The number of benzene rings is 2. The molecule has 2 aromatic carbocycles. The summed E-state index contributed by atoms with van der Waals surface area (Å²) in [7, 11) is 0. The second kappa shape index (κ2) is 6.02. The minimum Gasteiger partial charge on any atom is -0.423 e. The fourth-order valence-electron chi connectivity index (χ4n) is 1.73. The molecular weight excluding hydrogens is 254 g/mol. The highest BCUT2D eigenvalue weighted by Crippen LogP contribution is 2.19. The van der Waals surface area contributed by atoms with Crippen molar-refractivity contribution in [3.05, 3.63) is 59.7 Å². The molecule has 0 atom stereocenters. The molecule has 20 heavy (non-hydrogen) atoms. The van der Waals surface area contributed by atoms with Crippen LogP contribution in [0.15, 0.2) is 48.5 Å². The summed E-state index contributed by atoms with van der Waals surface area (Å²) in [5.41, 5.74) is 1.85. The van der Waals surface area contributed by atoms with E-state index in [4.69, 9.17) is 4.74 Å². The molecule has 1 amide bonds. The van der Waals surface area contributed by atoms with Crippen molar-refractivity contribution in [2.24, 2.45) is 0 Å². The van der Waals surface area contributed by atoms with E-state index in [1.54, 1.807) is 36.4 Å². The van der Waals surface area contributed by atoms with Crippen LogP contribution in [0.25, 0.3) is 0 Å². The van der Waals surface area contributed by atoms with Gasteiger partial charge in [0.15, 0.2) is 0 Å². The van der Waals surface area contributed by atoms with E-state index in [1.165, 1.54) is 6.92 Å². The third kappa shape index (κ3) is 3.45. The Morgan fingerprint density at radius 3 is 2.30 bits per heavy atom. The summed E-state index contributed by atoms with van der Waals surface area (Å²) in [6.45, 7) is 3.35. The van der Waals surface area contributed by atoms with Crippen molar-refractivity contribution in [2.75, 3.05) is 5.32 Å². The number of aryl methyl sites for hydroxylation is 1. The number of anilines is 1. The number of amides is 1. The van der Waals surface area contributed by atoms with E-state index in [-0.39, 0.29) is 5.91 Å². The molecule has 4 nitrogen and oxygen atoms in total. The smallest absolute Gasteiger partial charge is 0.345 e. The molecule has 0 saturated heterocycles. The third-order valence-electron chi connectivity index (χ3n) is 2.69. The summed E-state index contributed by atoms with van der Waals surface area (Å²) >= 11 is 0. The van der Waals surface area contributed by atoms with E-state index in [0.717, 1.165) is 5.56 Å². The minimum atomic E-state index is -0.502. The van der Waals surface area contributed by atoms with Crippen LogP contribution in [0, 0.1) is 6.92 Å². The third-order valence-corrected chi connectivity index (χ3v) is 2.69. The van der Waals surface area contributed by atoms with Crippen LogP contribution in [-0.4, -0.2) is 11.9 Å². The van der Waals surface area contributed by atoms with Crippen LogP contribution in [0.2, 0.25) is 0 Å². The predicted molar refractivity (Wildman–Crippen MR) is 76.9 cm³/mol. The maximum Gasteiger partial charge on any atom is 0.345 e. The lowest BCUT2D eigenvalue weighted by Crippen LogP contribution is -2.14. The van der Waals surface area contributed by atoms with Crippen molar-refractivity contribution in [2.45, 2.75) is 13.8 Å². The number of esters is 1. The fraction of sp³-hybridized carbons (Fsp3) is 0.125. The first kappa shape index (κ1) is 13.8. The molecule has 0 radical (unpaired) electrons. The van der Waals surface area contributed by atoms with Crippen LogP contribution >= 0.6 is 0 Å². The van der Waals surface area contributed by atoms with Crippen molar-refractivity contribution in [1.82, 2.24) is 0 Å². The van der Waals surface area contributed by atoms with Gasteiger partial charge in [0, 0.05) is 6.92 Å². The average molecular weight is 269 g/mol.